The van der Waals surface area contributed by atoms with Gasteiger partial charge in [-0.05, 0) is 50.3 Å². The molecule has 2 aliphatic rings. The Balaban J connectivity index is 1.97. The van der Waals surface area contributed by atoms with Crippen LogP contribution in [0.5, 0.6) is 0 Å². The van der Waals surface area contributed by atoms with Gasteiger partial charge in [-0.15, -0.1) is 0 Å². The molecule has 1 unspecified atom stereocenters. The van der Waals surface area contributed by atoms with Crippen LogP contribution in [0.25, 0.3) is 0 Å². The molecule has 112 valence electrons. The van der Waals surface area contributed by atoms with E-state index in [1.165, 1.54) is 0 Å². The van der Waals surface area contributed by atoms with Crippen LogP contribution in [-0.4, -0.2) is 35.8 Å². The molecule has 21 heavy (non-hydrogen) atoms. The van der Waals surface area contributed by atoms with Gasteiger partial charge in [0.05, 0.1) is 0 Å². The third-order valence-corrected chi connectivity index (χ3v) is 4.58. The largest absolute Gasteiger partial charge is 0.331 e. The summed E-state index contributed by atoms with van der Waals surface area (Å²) in [5.74, 6) is 0.218. The molecule has 4 nitrogen and oxygen atoms in total. The number of fused-ring (bicyclic) bond motifs is 1. The molecular formula is C17H22N2O2. The van der Waals surface area contributed by atoms with Crippen LogP contribution in [0.2, 0.25) is 0 Å². The lowest BCUT2D eigenvalue weighted by Gasteiger charge is -2.34. The van der Waals surface area contributed by atoms with E-state index in [-0.39, 0.29) is 17.9 Å². The first-order valence-electron chi connectivity index (χ1n) is 7.76. The van der Waals surface area contributed by atoms with Crippen molar-refractivity contribution in [1.82, 2.24) is 4.90 Å². The lowest BCUT2D eigenvalue weighted by molar-refractivity contribution is -0.138. The van der Waals surface area contributed by atoms with Gasteiger partial charge in [0.15, 0.2) is 0 Å². The molecule has 0 N–H and O–H groups in total. The first-order valence-corrected chi connectivity index (χ1v) is 7.76. The summed E-state index contributed by atoms with van der Waals surface area (Å²) in [4.78, 5) is 28.8. The maximum absolute atomic E-state index is 12.9. The van der Waals surface area contributed by atoms with E-state index in [1.54, 1.807) is 4.90 Å². The van der Waals surface area contributed by atoms with Crippen molar-refractivity contribution in [1.29, 1.82) is 0 Å². The molecule has 0 saturated carbocycles. The predicted octanol–water partition coefficient (Wildman–Crippen LogP) is 2.42. The fourth-order valence-corrected chi connectivity index (χ4v) is 3.38. The number of carbonyl (C=O) groups excluding carboxylic acids is 2. The average Bonchev–Trinajstić information content (AvgIpc) is 2.61. The number of aryl methyl sites for hydroxylation is 2. The fraction of sp³-hybridized carbons (Fsp3) is 0.529. The molecule has 2 saturated heterocycles. The number of amides is 2. The molecule has 1 atom stereocenters. The van der Waals surface area contributed by atoms with Crippen molar-refractivity contribution in [3.05, 3.63) is 29.3 Å². The van der Waals surface area contributed by atoms with E-state index in [1.807, 2.05) is 24.8 Å². The van der Waals surface area contributed by atoms with Crippen LogP contribution in [0.15, 0.2) is 18.2 Å². The van der Waals surface area contributed by atoms with E-state index >= 15 is 0 Å². The highest BCUT2D eigenvalue weighted by Gasteiger charge is 2.38. The quantitative estimate of drug-likeness (QED) is 0.795. The third-order valence-electron chi connectivity index (χ3n) is 4.58. The van der Waals surface area contributed by atoms with Crippen LogP contribution >= 0.6 is 0 Å². The molecule has 2 heterocycles. The van der Waals surface area contributed by atoms with Gasteiger partial charge in [0.25, 0.3) is 0 Å². The smallest absolute Gasteiger partial charge is 0.249 e. The monoisotopic (exact) mass is 286 g/mol. The maximum atomic E-state index is 12.9. The Hall–Kier alpha value is -1.84. The van der Waals surface area contributed by atoms with Crippen molar-refractivity contribution in [2.45, 2.75) is 45.6 Å². The molecule has 0 bridgehead atoms. The Morgan fingerprint density at radius 2 is 1.90 bits per heavy atom. The summed E-state index contributed by atoms with van der Waals surface area (Å²) >= 11 is 0. The minimum atomic E-state index is -0.256. The van der Waals surface area contributed by atoms with Crippen LogP contribution in [-0.2, 0) is 9.59 Å². The molecular weight excluding hydrogens is 264 g/mol. The number of anilines is 1. The Bertz CT molecular complexity index is 582. The molecule has 4 heteroatoms. The highest BCUT2D eigenvalue weighted by molar-refractivity contribution is 6.01. The summed E-state index contributed by atoms with van der Waals surface area (Å²) < 4.78 is 0. The molecule has 0 aliphatic carbocycles. The van der Waals surface area contributed by atoms with Gasteiger partial charge in [-0.2, -0.15) is 0 Å². The lowest BCUT2D eigenvalue weighted by Crippen LogP contribution is -2.50. The van der Waals surface area contributed by atoms with Crippen molar-refractivity contribution in [2.24, 2.45) is 0 Å². The van der Waals surface area contributed by atoms with Crippen molar-refractivity contribution in [3.8, 4) is 0 Å². The Kier molecular flexibility index (Phi) is 3.70. The third kappa shape index (κ3) is 2.55. The predicted molar refractivity (Wildman–Crippen MR) is 82.2 cm³/mol. The molecule has 0 radical (unpaired) electrons. The summed E-state index contributed by atoms with van der Waals surface area (Å²) in [6.45, 7) is 5.28. The highest BCUT2D eigenvalue weighted by atomic mass is 16.2. The fourth-order valence-electron chi connectivity index (χ4n) is 3.38. The zero-order valence-electron chi connectivity index (χ0n) is 12.8. The average molecular weight is 286 g/mol. The summed E-state index contributed by atoms with van der Waals surface area (Å²) in [5, 5.41) is 0. The molecule has 1 aromatic rings. The van der Waals surface area contributed by atoms with Gasteiger partial charge in [0.2, 0.25) is 11.8 Å². The summed E-state index contributed by atoms with van der Waals surface area (Å²) in [6, 6.07) is 5.90. The van der Waals surface area contributed by atoms with Gasteiger partial charge in [-0.25, -0.2) is 0 Å². The Labute approximate surface area is 125 Å². The number of carbonyl (C=O) groups is 2. The molecule has 2 amide bonds. The Morgan fingerprint density at radius 1 is 1.10 bits per heavy atom. The minimum Gasteiger partial charge on any atom is -0.331 e. The van der Waals surface area contributed by atoms with Gasteiger partial charge in [-0.1, -0.05) is 12.1 Å². The Morgan fingerprint density at radius 3 is 2.71 bits per heavy atom. The van der Waals surface area contributed by atoms with Crippen molar-refractivity contribution >= 4 is 17.5 Å². The zero-order chi connectivity index (χ0) is 15.0. The molecule has 2 fully saturated rings. The van der Waals surface area contributed by atoms with Gasteiger partial charge in [0, 0.05) is 25.2 Å². The topological polar surface area (TPSA) is 40.6 Å². The summed E-state index contributed by atoms with van der Waals surface area (Å²) in [5.41, 5.74) is 3.19. The van der Waals surface area contributed by atoms with E-state index in [2.05, 4.69) is 12.1 Å². The van der Waals surface area contributed by atoms with Crippen LogP contribution in [0.3, 0.4) is 0 Å². The second kappa shape index (κ2) is 5.51. The van der Waals surface area contributed by atoms with Crippen LogP contribution in [0.1, 0.15) is 36.8 Å². The number of nitrogens with zero attached hydrogens (tertiary/aromatic N) is 2. The lowest BCUT2D eigenvalue weighted by atomic mass is 10.0. The number of benzene rings is 1. The van der Waals surface area contributed by atoms with Gasteiger partial charge in [-0.3, -0.25) is 9.59 Å². The SMILES string of the molecule is Cc1ccc(C)c(N2CCC(=O)N3CCCCC3C2=O)c1. The second-order valence-corrected chi connectivity index (χ2v) is 6.13. The molecule has 0 aromatic heterocycles. The minimum absolute atomic E-state index is 0.0919. The second-order valence-electron chi connectivity index (χ2n) is 6.13. The van der Waals surface area contributed by atoms with Crippen LogP contribution in [0.4, 0.5) is 5.69 Å². The summed E-state index contributed by atoms with van der Waals surface area (Å²) in [6.07, 6.45) is 3.27. The molecule has 2 aliphatic heterocycles. The molecule has 1 aromatic carbocycles. The molecule has 0 spiro atoms. The van der Waals surface area contributed by atoms with E-state index in [0.717, 1.165) is 42.6 Å². The first-order chi connectivity index (χ1) is 10.1. The van der Waals surface area contributed by atoms with Crippen molar-refractivity contribution < 1.29 is 9.59 Å². The highest BCUT2D eigenvalue weighted by Crippen LogP contribution is 2.28. The van der Waals surface area contributed by atoms with E-state index in [4.69, 9.17) is 0 Å². The van der Waals surface area contributed by atoms with Crippen molar-refractivity contribution in [2.75, 3.05) is 18.0 Å². The zero-order valence-corrected chi connectivity index (χ0v) is 12.8. The van der Waals surface area contributed by atoms with Gasteiger partial charge < -0.3 is 9.80 Å². The van der Waals surface area contributed by atoms with E-state index in [9.17, 15) is 9.59 Å². The normalized spacial score (nSPS) is 23.0. The van der Waals surface area contributed by atoms with E-state index in [0.29, 0.717) is 13.0 Å². The standard InChI is InChI=1S/C17H22N2O2/c1-12-6-7-13(2)15(11-12)19-10-8-16(20)18-9-4-3-5-14(18)17(19)21/h6-7,11,14H,3-5,8-10H2,1-2H3. The molecule has 3 rings (SSSR count). The maximum Gasteiger partial charge on any atom is 0.249 e. The van der Waals surface area contributed by atoms with Gasteiger partial charge in [0.1, 0.15) is 6.04 Å². The number of piperidine rings is 1. The number of hydrogen-bond acceptors (Lipinski definition) is 2. The first kappa shape index (κ1) is 14.1. The summed E-state index contributed by atoms with van der Waals surface area (Å²) in [7, 11) is 0. The van der Waals surface area contributed by atoms with Crippen LogP contribution < -0.4 is 4.90 Å². The van der Waals surface area contributed by atoms with Crippen LogP contribution in [0, 0.1) is 13.8 Å². The van der Waals surface area contributed by atoms with E-state index < -0.39 is 0 Å². The number of hydrogen-bond donors (Lipinski definition) is 0. The number of rotatable bonds is 1. The van der Waals surface area contributed by atoms with Crippen molar-refractivity contribution in [3.63, 3.8) is 0 Å². The van der Waals surface area contributed by atoms with Gasteiger partial charge >= 0.3 is 0 Å².